The highest BCUT2D eigenvalue weighted by Gasteiger charge is 2.25. The smallest absolute Gasteiger partial charge is 0.257 e. The largest absolute Gasteiger partial charge is 0.497 e. The zero-order valence-electron chi connectivity index (χ0n) is 17.4. The third-order valence-corrected chi connectivity index (χ3v) is 5.27. The van der Waals surface area contributed by atoms with Crippen molar-refractivity contribution in [2.24, 2.45) is 0 Å². The predicted octanol–water partition coefficient (Wildman–Crippen LogP) is 1.78. The first kappa shape index (κ1) is 20.7. The Bertz CT molecular complexity index is 1050. The number of tetrazole rings is 1. The number of methoxy groups -OCH3 is 2. The van der Waals surface area contributed by atoms with E-state index in [4.69, 9.17) is 9.47 Å². The van der Waals surface area contributed by atoms with Crippen LogP contribution in [0.2, 0.25) is 0 Å². The molecule has 2 heterocycles. The lowest BCUT2D eigenvalue weighted by molar-refractivity contribution is 0.0621. The summed E-state index contributed by atoms with van der Waals surface area (Å²) in [6.07, 6.45) is 0. The minimum atomic E-state index is -0.312. The number of aromatic nitrogens is 4. The van der Waals surface area contributed by atoms with E-state index in [2.05, 4.69) is 20.4 Å². The summed E-state index contributed by atoms with van der Waals surface area (Å²) < 4.78 is 25.4. The number of carbonyl (C=O) groups excluding carboxylic acids is 1. The van der Waals surface area contributed by atoms with Crippen LogP contribution >= 0.6 is 0 Å². The summed E-state index contributed by atoms with van der Waals surface area (Å²) >= 11 is 0. The van der Waals surface area contributed by atoms with E-state index in [-0.39, 0.29) is 11.7 Å². The van der Waals surface area contributed by atoms with Crippen LogP contribution < -0.4 is 9.47 Å². The van der Waals surface area contributed by atoms with Crippen LogP contribution in [0, 0.1) is 5.82 Å². The molecule has 1 amide bonds. The van der Waals surface area contributed by atoms with Gasteiger partial charge in [-0.25, -0.2) is 4.39 Å². The second-order valence-corrected chi connectivity index (χ2v) is 7.12. The first-order valence-electron chi connectivity index (χ1n) is 9.86. The molecule has 0 spiro atoms. The third-order valence-electron chi connectivity index (χ3n) is 5.27. The van der Waals surface area contributed by atoms with Crippen LogP contribution in [-0.4, -0.2) is 76.3 Å². The molecule has 9 nitrogen and oxygen atoms in total. The molecular weight excluding hydrogens is 403 g/mol. The number of ether oxygens (including phenoxy) is 2. The quantitative estimate of drug-likeness (QED) is 0.594. The highest BCUT2D eigenvalue weighted by molar-refractivity contribution is 5.97. The summed E-state index contributed by atoms with van der Waals surface area (Å²) in [4.78, 5) is 17.0. The molecule has 31 heavy (non-hydrogen) atoms. The maximum Gasteiger partial charge on any atom is 0.257 e. The van der Waals surface area contributed by atoms with Crippen molar-refractivity contribution in [2.45, 2.75) is 6.54 Å². The van der Waals surface area contributed by atoms with E-state index >= 15 is 0 Å². The molecule has 1 aliphatic heterocycles. The second kappa shape index (κ2) is 9.09. The number of benzene rings is 2. The Morgan fingerprint density at radius 2 is 1.77 bits per heavy atom. The Hall–Kier alpha value is -3.53. The fourth-order valence-corrected chi connectivity index (χ4v) is 3.54. The summed E-state index contributed by atoms with van der Waals surface area (Å²) in [5, 5.41) is 11.9. The van der Waals surface area contributed by atoms with Gasteiger partial charge in [0.25, 0.3) is 5.91 Å². The first-order chi connectivity index (χ1) is 15.1. The van der Waals surface area contributed by atoms with Gasteiger partial charge in [0.15, 0.2) is 5.82 Å². The highest BCUT2D eigenvalue weighted by atomic mass is 19.1. The van der Waals surface area contributed by atoms with E-state index in [0.717, 1.165) is 0 Å². The van der Waals surface area contributed by atoms with Crippen molar-refractivity contribution in [3.05, 3.63) is 59.7 Å². The lowest BCUT2D eigenvalue weighted by atomic mass is 10.1. The molecule has 0 aliphatic carbocycles. The minimum Gasteiger partial charge on any atom is -0.497 e. The zero-order chi connectivity index (χ0) is 21.8. The topological polar surface area (TPSA) is 85.6 Å². The van der Waals surface area contributed by atoms with Crippen LogP contribution in [0.15, 0.2) is 42.5 Å². The third kappa shape index (κ3) is 4.48. The summed E-state index contributed by atoms with van der Waals surface area (Å²) in [6, 6.07) is 11.2. The lowest BCUT2D eigenvalue weighted by Gasteiger charge is -2.34. The van der Waals surface area contributed by atoms with Crippen molar-refractivity contribution in [2.75, 3.05) is 40.4 Å². The van der Waals surface area contributed by atoms with E-state index < -0.39 is 0 Å². The fraction of sp³-hybridized carbons (Fsp3) is 0.333. The van der Waals surface area contributed by atoms with Crippen molar-refractivity contribution in [3.8, 4) is 17.2 Å². The molecule has 2 aromatic carbocycles. The van der Waals surface area contributed by atoms with Crippen LogP contribution in [0.25, 0.3) is 5.69 Å². The molecule has 0 N–H and O–H groups in total. The van der Waals surface area contributed by atoms with Crippen molar-refractivity contribution >= 4 is 5.91 Å². The van der Waals surface area contributed by atoms with E-state index in [1.54, 1.807) is 42.1 Å². The van der Waals surface area contributed by atoms with Gasteiger partial charge in [-0.3, -0.25) is 9.69 Å². The molecule has 0 radical (unpaired) electrons. The van der Waals surface area contributed by atoms with Gasteiger partial charge in [0.05, 0.1) is 32.0 Å². The summed E-state index contributed by atoms with van der Waals surface area (Å²) in [5.41, 5.74) is 1.21. The molecule has 4 rings (SSSR count). The number of hydrogen-bond donors (Lipinski definition) is 0. The number of piperazine rings is 1. The van der Waals surface area contributed by atoms with Gasteiger partial charge in [0.1, 0.15) is 17.3 Å². The van der Waals surface area contributed by atoms with E-state index in [1.807, 2.05) is 4.90 Å². The molecule has 0 atom stereocenters. The molecule has 10 heteroatoms. The monoisotopic (exact) mass is 426 g/mol. The molecule has 1 aromatic heterocycles. The molecule has 3 aromatic rings. The lowest BCUT2D eigenvalue weighted by Crippen LogP contribution is -2.48. The summed E-state index contributed by atoms with van der Waals surface area (Å²) in [7, 11) is 3.11. The van der Waals surface area contributed by atoms with E-state index in [9.17, 15) is 9.18 Å². The summed E-state index contributed by atoms with van der Waals surface area (Å²) in [6.45, 7) is 3.04. The Balaban J connectivity index is 1.39. The maximum atomic E-state index is 13.2. The van der Waals surface area contributed by atoms with Gasteiger partial charge in [-0.2, -0.15) is 4.68 Å². The Labute approximate surface area is 179 Å². The number of nitrogens with zero attached hydrogens (tertiary/aromatic N) is 6. The van der Waals surface area contributed by atoms with E-state index in [0.29, 0.717) is 61.3 Å². The second-order valence-electron chi connectivity index (χ2n) is 7.12. The number of rotatable bonds is 6. The predicted molar refractivity (Wildman–Crippen MR) is 110 cm³/mol. The number of halogens is 1. The Kier molecular flexibility index (Phi) is 6.08. The summed E-state index contributed by atoms with van der Waals surface area (Å²) in [5.74, 6) is 1.40. The van der Waals surface area contributed by atoms with Crippen LogP contribution in [0.1, 0.15) is 16.2 Å². The molecular formula is C21H23FN6O3. The zero-order valence-corrected chi connectivity index (χ0v) is 17.4. The number of carbonyl (C=O) groups is 1. The molecule has 1 fully saturated rings. The molecule has 1 aliphatic rings. The van der Waals surface area contributed by atoms with Crippen molar-refractivity contribution in [1.82, 2.24) is 30.0 Å². The van der Waals surface area contributed by atoms with Crippen LogP contribution in [0.4, 0.5) is 4.39 Å². The molecule has 1 saturated heterocycles. The molecule has 0 saturated carbocycles. The number of amides is 1. The maximum absolute atomic E-state index is 13.2. The van der Waals surface area contributed by atoms with Crippen molar-refractivity contribution < 1.29 is 18.7 Å². The average molecular weight is 426 g/mol. The van der Waals surface area contributed by atoms with Gasteiger partial charge in [-0.05, 0) is 46.8 Å². The first-order valence-corrected chi connectivity index (χ1v) is 9.86. The minimum absolute atomic E-state index is 0.0738. The average Bonchev–Trinajstić information content (AvgIpc) is 3.27. The van der Waals surface area contributed by atoms with Gasteiger partial charge in [-0.1, -0.05) is 0 Å². The Morgan fingerprint density at radius 3 is 2.45 bits per heavy atom. The van der Waals surface area contributed by atoms with Gasteiger partial charge in [0, 0.05) is 32.2 Å². The van der Waals surface area contributed by atoms with Crippen molar-refractivity contribution in [1.29, 1.82) is 0 Å². The van der Waals surface area contributed by atoms with Gasteiger partial charge in [-0.15, -0.1) is 5.10 Å². The molecule has 0 unspecified atom stereocenters. The van der Waals surface area contributed by atoms with Gasteiger partial charge in [0.2, 0.25) is 0 Å². The fourth-order valence-electron chi connectivity index (χ4n) is 3.54. The van der Waals surface area contributed by atoms with Crippen LogP contribution in [0.5, 0.6) is 11.5 Å². The normalized spacial score (nSPS) is 14.5. The van der Waals surface area contributed by atoms with Crippen LogP contribution in [0.3, 0.4) is 0 Å². The SMILES string of the molecule is COc1ccc(C(=O)N2CCN(Cc3nnnn3-c3ccc(F)cc3)CC2)c(OC)c1. The Morgan fingerprint density at radius 1 is 1.03 bits per heavy atom. The van der Waals surface area contributed by atoms with Gasteiger partial charge < -0.3 is 14.4 Å². The van der Waals surface area contributed by atoms with Gasteiger partial charge >= 0.3 is 0 Å². The van der Waals surface area contributed by atoms with Crippen LogP contribution in [-0.2, 0) is 6.54 Å². The van der Waals surface area contributed by atoms with Crippen molar-refractivity contribution in [3.63, 3.8) is 0 Å². The number of hydrogen-bond acceptors (Lipinski definition) is 7. The van der Waals surface area contributed by atoms with E-state index in [1.165, 1.54) is 19.2 Å². The molecule has 0 bridgehead atoms. The molecule has 162 valence electrons. The highest BCUT2D eigenvalue weighted by Crippen LogP contribution is 2.26. The standard InChI is InChI=1S/C21H23FN6O3/c1-30-17-7-8-18(19(13-17)31-2)21(29)27-11-9-26(10-12-27)14-20-23-24-25-28(20)16-5-3-15(22)4-6-16/h3-8,13H,9-12,14H2,1-2H3.